The van der Waals surface area contributed by atoms with Gasteiger partial charge in [0.1, 0.15) is 0 Å². The lowest BCUT2D eigenvalue weighted by atomic mass is 10.1. The minimum Gasteiger partial charge on any atom is -0.378 e. The molecule has 0 bridgehead atoms. The van der Waals surface area contributed by atoms with Crippen LogP contribution in [0.1, 0.15) is 12.0 Å². The molecule has 1 amide bonds. The molecular formula is C18H22N2O2. The van der Waals surface area contributed by atoms with Crippen molar-refractivity contribution in [3.05, 3.63) is 48.0 Å². The maximum Gasteiger partial charge on any atom is 0.221 e. The van der Waals surface area contributed by atoms with Crippen LogP contribution in [0.25, 0.3) is 10.8 Å². The molecule has 2 aromatic rings. The highest BCUT2D eigenvalue weighted by Gasteiger charge is 2.16. The van der Waals surface area contributed by atoms with Gasteiger partial charge in [-0.25, -0.2) is 0 Å². The van der Waals surface area contributed by atoms with Crippen LogP contribution in [0.4, 0.5) is 0 Å². The lowest BCUT2D eigenvalue weighted by molar-refractivity contribution is -0.122. The molecule has 1 saturated heterocycles. The Bertz CT molecular complexity index is 636. The Balaban J connectivity index is 1.46. The summed E-state index contributed by atoms with van der Waals surface area (Å²) in [7, 11) is 0. The van der Waals surface area contributed by atoms with Crippen LogP contribution < -0.4 is 10.6 Å². The molecule has 116 valence electrons. The first-order valence-corrected chi connectivity index (χ1v) is 7.87. The van der Waals surface area contributed by atoms with Gasteiger partial charge in [0.05, 0.1) is 13.2 Å². The van der Waals surface area contributed by atoms with E-state index in [9.17, 15) is 4.79 Å². The molecule has 0 aliphatic carbocycles. The van der Waals surface area contributed by atoms with Gasteiger partial charge in [-0.05, 0) is 22.8 Å². The van der Waals surface area contributed by atoms with Crippen LogP contribution in [0.2, 0.25) is 0 Å². The van der Waals surface area contributed by atoms with E-state index in [-0.39, 0.29) is 11.9 Å². The molecule has 1 heterocycles. The highest BCUT2D eigenvalue weighted by molar-refractivity contribution is 5.83. The summed E-state index contributed by atoms with van der Waals surface area (Å²) in [5.74, 6) is 0.0868. The van der Waals surface area contributed by atoms with Crippen LogP contribution in [0, 0.1) is 0 Å². The number of benzene rings is 2. The third-order valence-corrected chi connectivity index (χ3v) is 3.98. The Labute approximate surface area is 130 Å². The van der Waals surface area contributed by atoms with E-state index in [0.29, 0.717) is 19.6 Å². The number of ether oxygens (including phenoxy) is 1. The average Bonchev–Trinajstić information content (AvgIpc) is 2.55. The van der Waals surface area contributed by atoms with E-state index in [1.165, 1.54) is 16.3 Å². The van der Waals surface area contributed by atoms with E-state index in [0.717, 1.165) is 19.6 Å². The van der Waals surface area contributed by atoms with E-state index in [1.54, 1.807) is 0 Å². The van der Waals surface area contributed by atoms with Gasteiger partial charge >= 0.3 is 0 Å². The second-order valence-corrected chi connectivity index (χ2v) is 5.71. The van der Waals surface area contributed by atoms with Gasteiger partial charge in [-0.3, -0.25) is 4.79 Å². The molecule has 2 N–H and O–H groups in total. The second kappa shape index (κ2) is 7.38. The van der Waals surface area contributed by atoms with E-state index in [1.807, 2.05) is 12.1 Å². The molecule has 2 aromatic carbocycles. The van der Waals surface area contributed by atoms with Gasteiger partial charge in [0.2, 0.25) is 5.91 Å². The topological polar surface area (TPSA) is 50.4 Å². The normalized spacial score (nSPS) is 18.3. The molecule has 0 saturated carbocycles. The number of carbonyl (C=O) groups excluding carboxylic acids is 1. The number of hydrogen-bond acceptors (Lipinski definition) is 3. The van der Waals surface area contributed by atoms with Crippen LogP contribution in [-0.2, 0) is 16.0 Å². The van der Waals surface area contributed by atoms with Gasteiger partial charge in [-0.1, -0.05) is 42.5 Å². The first kappa shape index (κ1) is 15.0. The van der Waals surface area contributed by atoms with E-state index < -0.39 is 0 Å². The van der Waals surface area contributed by atoms with Crippen LogP contribution in [-0.4, -0.2) is 38.3 Å². The molecule has 22 heavy (non-hydrogen) atoms. The molecule has 0 radical (unpaired) electrons. The van der Waals surface area contributed by atoms with Crippen LogP contribution in [0.5, 0.6) is 0 Å². The summed E-state index contributed by atoms with van der Waals surface area (Å²) in [6, 6.07) is 14.9. The van der Waals surface area contributed by atoms with Crippen molar-refractivity contribution in [1.82, 2.24) is 10.6 Å². The van der Waals surface area contributed by atoms with Gasteiger partial charge in [0.15, 0.2) is 0 Å². The number of nitrogens with one attached hydrogen (secondary N) is 2. The third-order valence-electron chi connectivity index (χ3n) is 3.98. The zero-order valence-corrected chi connectivity index (χ0v) is 12.7. The largest absolute Gasteiger partial charge is 0.378 e. The Morgan fingerprint density at radius 2 is 2.09 bits per heavy atom. The van der Waals surface area contributed by atoms with E-state index in [4.69, 9.17) is 4.74 Å². The van der Waals surface area contributed by atoms with Crippen molar-refractivity contribution in [2.75, 3.05) is 26.3 Å². The zero-order valence-electron chi connectivity index (χ0n) is 12.7. The molecule has 1 unspecified atom stereocenters. The van der Waals surface area contributed by atoms with E-state index in [2.05, 4.69) is 41.0 Å². The van der Waals surface area contributed by atoms with Crippen LogP contribution in [0.3, 0.4) is 0 Å². The number of fused-ring (bicyclic) bond motifs is 1. The van der Waals surface area contributed by atoms with Gasteiger partial charge in [0, 0.05) is 25.6 Å². The molecule has 1 fully saturated rings. The smallest absolute Gasteiger partial charge is 0.221 e. The standard InChI is InChI=1S/C18H22N2O2/c21-18(12-17-13-22-10-9-19-17)20-8-7-14-5-6-15-3-1-2-4-16(15)11-14/h1-6,11,17,19H,7-10,12-13H2,(H,20,21). The molecule has 0 spiro atoms. The summed E-state index contributed by atoms with van der Waals surface area (Å²) in [6.07, 6.45) is 1.34. The molecule has 4 heteroatoms. The molecule has 1 atom stereocenters. The summed E-state index contributed by atoms with van der Waals surface area (Å²) in [5.41, 5.74) is 1.25. The zero-order chi connectivity index (χ0) is 15.2. The fourth-order valence-corrected chi connectivity index (χ4v) is 2.79. The summed E-state index contributed by atoms with van der Waals surface area (Å²) in [5, 5.41) is 8.78. The van der Waals surface area contributed by atoms with Crippen molar-refractivity contribution in [3.8, 4) is 0 Å². The maximum atomic E-state index is 11.9. The monoisotopic (exact) mass is 298 g/mol. The summed E-state index contributed by atoms with van der Waals surface area (Å²) >= 11 is 0. The summed E-state index contributed by atoms with van der Waals surface area (Å²) in [6.45, 7) is 2.86. The first-order valence-electron chi connectivity index (χ1n) is 7.87. The Morgan fingerprint density at radius 1 is 1.23 bits per heavy atom. The number of hydrogen-bond donors (Lipinski definition) is 2. The van der Waals surface area contributed by atoms with Crippen LogP contribution in [0.15, 0.2) is 42.5 Å². The van der Waals surface area contributed by atoms with Gasteiger partial charge in [-0.2, -0.15) is 0 Å². The Morgan fingerprint density at radius 3 is 2.91 bits per heavy atom. The van der Waals surface area contributed by atoms with E-state index >= 15 is 0 Å². The molecule has 1 aliphatic rings. The third kappa shape index (κ3) is 4.06. The minimum atomic E-state index is 0.0868. The molecule has 4 nitrogen and oxygen atoms in total. The molecule has 1 aliphatic heterocycles. The molecule has 0 aromatic heterocycles. The highest BCUT2D eigenvalue weighted by atomic mass is 16.5. The lowest BCUT2D eigenvalue weighted by Crippen LogP contribution is -2.44. The number of amides is 1. The molecule has 3 rings (SSSR count). The van der Waals surface area contributed by atoms with Gasteiger partial charge in [0.25, 0.3) is 0 Å². The van der Waals surface area contributed by atoms with Crippen molar-refractivity contribution in [3.63, 3.8) is 0 Å². The summed E-state index contributed by atoms with van der Waals surface area (Å²) in [4.78, 5) is 11.9. The van der Waals surface area contributed by atoms with Crippen molar-refractivity contribution >= 4 is 16.7 Å². The van der Waals surface area contributed by atoms with Crippen molar-refractivity contribution in [2.45, 2.75) is 18.9 Å². The van der Waals surface area contributed by atoms with Crippen molar-refractivity contribution in [1.29, 1.82) is 0 Å². The van der Waals surface area contributed by atoms with Crippen molar-refractivity contribution in [2.24, 2.45) is 0 Å². The average molecular weight is 298 g/mol. The summed E-state index contributed by atoms with van der Waals surface area (Å²) < 4.78 is 5.36. The minimum absolute atomic E-state index is 0.0868. The second-order valence-electron chi connectivity index (χ2n) is 5.71. The SMILES string of the molecule is O=C(CC1COCCN1)NCCc1ccc2ccccc2c1. The first-order chi connectivity index (χ1) is 10.8. The molecular weight excluding hydrogens is 276 g/mol. The van der Waals surface area contributed by atoms with Crippen molar-refractivity contribution < 1.29 is 9.53 Å². The fourth-order valence-electron chi connectivity index (χ4n) is 2.79. The predicted octanol–water partition coefficient (Wildman–Crippen LogP) is 1.88. The fraction of sp³-hybridized carbons (Fsp3) is 0.389. The maximum absolute atomic E-state index is 11.9. The number of morpholine rings is 1. The Hall–Kier alpha value is -1.91. The lowest BCUT2D eigenvalue weighted by Gasteiger charge is -2.23. The quantitative estimate of drug-likeness (QED) is 0.886. The number of carbonyl (C=O) groups is 1. The van der Waals surface area contributed by atoms with Crippen LogP contribution >= 0.6 is 0 Å². The Kier molecular flexibility index (Phi) is 5.03. The van der Waals surface area contributed by atoms with Gasteiger partial charge in [-0.15, -0.1) is 0 Å². The van der Waals surface area contributed by atoms with Gasteiger partial charge < -0.3 is 15.4 Å². The number of rotatable bonds is 5. The predicted molar refractivity (Wildman–Crippen MR) is 87.9 cm³/mol. The highest BCUT2D eigenvalue weighted by Crippen LogP contribution is 2.15.